The maximum Gasteiger partial charge on any atom is 0.308 e. The number of ether oxygens (including phenoxy) is 3. The smallest absolute Gasteiger partial charge is 0.308 e. The third-order valence-electron chi connectivity index (χ3n) is 7.79. The Morgan fingerprint density at radius 2 is 1.80 bits per heavy atom. The molecule has 0 N–H and O–H groups in total. The topological polar surface area (TPSA) is 64.1 Å². The number of fused-ring (bicyclic) bond motifs is 1. The summed E-state index contributed by atoms with van der Waals surface area (Å²) in [6.07, 6.45) is 4.30. The second kappa shape index (κ2) is 13.0. The number of esters is 1. The van der Waals surface area contributed by atoms with Gasteiger partial charge in [-0.15, -0.1) is 0 Å². The number of carbonyl (C=O) groups is 1. The Bertz CT molecular complexity index is 1260. The van der Waals surface area contributed by atoms with Crippen molar-refractivity contribution in [1.82, 2.24) is 9.27 Å². The average molecular weight is 566 g/mol. The number of hydrogen-bond acceptors (Lipinski definition) is 8. The first kappa shape index (κ1) is 29.0. The largest absolute Gasteiger partial charge is 0.460 e. The first-order valence-corrected chi connectivity index (χ1v) is 15.4. The highest BCUT2D eigenvalue weighted by atomic mass is 32.1. The Morgan fingerprint density at radius 1 is 1.02 bits per heavy atom. The van der Waals surface area contributed by atoms with Crippen LogP contribution in [0.25, 0.3) is 10.1 Å². The molecular weight excluding hydrogens is 522 g/mol. The average Bonchev–Trinajstić information content (AvgIpc) is 3.36. The minimum absolute atomic E-state index is 0.0666. The standard InChI is InChI=1S/C32H43N3O4S/c1-31(2,3)39-29(36)13-21-37-20-12-26-8-6-7-25(23-26)11-16-34-17-14-32(15-18-34)24-35(19-22-38-32)30-27-9-4-5-10-28(27)40-33-30/h4-10,23H,11-22,24H2,1-3H3. The van der Waals surface area contributed by atoms with E-state index in [4.69, 9.17) is 18.6 Å². The second-order valence-electron chi connectivity index (χ2n) is 12.1. The molecule has 1 aromatic heterocycles. The van der Waals surface area contributed by atoms with Crippen LogP contribution in [0.4, 0.5) is 5.82 Å². The number of nitrogens with zero attached hydrogens (tertiary/aromatic N) is 3. The highest BCUT2D eigenvalue weighted by molar-refractivity contribution is 7.13. The highest BCUT2D eigenvalue weighted by Crippen LogP contribution is 2.35. The van der Waals surface area contributed by atoms with E-state index in [1.54, 1.807) is 11.5 Å². The number of rotatable bonds is 10. The number of morpholine rings is 1. The summed E-state index contributed by atoms with van der Waals surface area (Å²) >= 11 is 1.59. The summed E-state index contributed by atoms with van der Waals surface area (Å²) in [5.74, 6) is 0.914. The predicted molar refractivity (Wildman–Crippen MR) is 161 cm³/mol. The van der Waals surface area contributed by atoms with E-state index in [1.165, 1.54) is 21.2 Å². The van der Waals surface area contributed by atoms with E-state index in [0.29, 0.717) is 19.6 Å². The van der Waals surface area contributed by atoms with Gasteiger partial charge in [0, 0.05) is 38.1 Å². The van der Waals surface area contributed by atoms with Crippen LogP contribution >= 0.6 is 11.5 Å². The molecule has 0 saturated carbocycles. The van der Waals surface area contributed by atoms with Crippen LogP contribution in [-0.2, 0) is 31.8 Å². The van der Waals surface area contributed by atoms with Gasteiger partial charge in [0.15, 0.2) is 0 Å². The summed E-state index contributed by atoms with van der Waals surface area (Å²) < 4.78 is 23.5. The molecule has 2 aromatic carbocycles. The number of hydrogen-bond donors (Lipinski definition) is 0. The van der Waals surface area contributed by atoms with E-state index in [2.05, 4.69) is 58.3 Å². The summed E-state index contributed by atoms with van der Waals surface area (Å²) in [5, 5.41) is 1.26. The predicted octanol–water partition coefficient (Wildman–Crippen LogP) is 5.50. The van der Waals surface area contributed by atoms with Crippen molar-refractivity contribution >= 4 is 33.4 Å². The van der Waals surface area contributed by atoms with Crippen LogP contribution in [0.1, 0.15) is 51.2 Å². The van der Waals surface area contributed by atoms with Gasteiger partial charge in [-0.2, -0.15) is 4.37 Å². The molecule has 5 rings (SSSR count). The molecule has 216 valence electrons. The van der Waals surface area contributed by atoms with Crippen LogP contribution < -0.4 is 4.90 Å². The lowest BCUT2D eigenvalue weighted by Crippen LogP contribution is -2.57. The molecule has 3 heterocycles. The van der Waals surface area contributed by atoms with Gasteiger partial charge >= 0.3 is 5.97 Å². The highest BCUT2D eigenvalue weighted by Gasteiger charge is 2.40. The molecule has 0 radical (unpaired) electrons. The lowest BCUT2D eigenvalue weighted by atomic mass is 9.89. The number of anilines is 1. The molecule has 0 aliphatic carbocycles. The lowest BCUT2D eigenvalue weighted by Gasteiger charge is -2.47. The summed E-state index contributed by atoms with van der Waals surface area (Å²) in [6.45, 7) is 12.4. The Labute approximate surface area is 242 Å². The third-order valence-corrected chi connectivity index (χ3v) is 8.60. The van der Waals surface area contributed by atoms with Gasteiger partial charge in [0.25, 0.3) is 0 Å². The third kappa shape index (κ3) is 7.81. The van der Waals surface area contributed by atoms with E-state index < -0.39 is 5.60 Å². The van der Waals surface area contributed by atoms with Crippen molar-refractivity contribution in [2.24, 2.45) is 0 Å². The number of piperidine rings is 1. The zero-order valence-electron chi connectivity index (χ0n) is 24.2. The van der Waals surface area contributed by atoms with Gasteiger partial charge in [0.2, 0.25) is 0 Å². The van der Waals surface area contributed by atoms with Crippen molar-refractivity contribution in [3.8, 4) is 0 Å². The summed E-state index contributed by atoms with van der Waals surface area (Å²) in [5.41, 5.74) is 2.12. The summed E-state index contributed by atoms with van der Waals surface area (Å²) in [7, 11) is 0. The zero-order valence-corrected chi connectivity index (χ0v) is 25.0. The molecule has 0 unspecified atom stereocenters. The number of likely N-dealkylation sites (tertiary alicyclic amines) is 1. The maximum absolute atomic E-state index is 11.8. The fourth-order valence-corrected chi connectivity index (χ4v) is 6.48. The molecule has 0 atom stereocenters. The fraction of sp³-hybridized carbons (Fsp3) is 0.562. The molecule has 2 aliphatic heterocycles. The number of benzene rings is 2. The van der Waals surface area contributed by atoms with E-state index in [0.717, 1.165) is 70.8 Å². The minimum atomic E-state index is -0.449. The number of aromatic nitrogens is 1. The second-order valence-corrected chi connectivity index (χ2v) is 12.9. The molecule has 40 heavy (non-hydrogen) atoms. The van der Waals surface area contributed by atoms with Crippen LogP contribution in [0.3, 0.4) is 0 Å². The molecule has 2 fully saturated rings. The van der Waals surface area contributed by atoms with Crippen LogP contribution in [0.15, 0.2) is 48.5 Å². The van der Waals surface area contributed by atoms with Gasteiger partial charge in [-0.05, 0) is 81.2 Å². The lowest BCUT2D eigenvalue weighted by molar-refractivity contribution is -0.156. The molecular formula is C32H43N3O4S. The molecule has 0 amide bonds. The number of carbonyl (C=O) groups excluding carboxylic acids is 1. The Morgan fingerprint density at radius 3 is 2.60 bits per heavy atom. The monoisotopic (exact) mass is 565 g/mol. The van der Waals surface area contributed by atoms with E-state index >= 15 is 0 Å². The molecule has 2 saturated heterocycles. The molecule has 8 heteroatoms. The van der Waals surface area contributed by atoms with Gasteiger partial charge in [0.1, 0.15) is 11.4 Å². The van der Waals surface area contributed by atoms with Crippen molar-refractivity contribution in [2.45, 2.75) is 64.1 Å². The van der Waals surface area contributed by atoms with E-state index in [9.17, 15) is 4.79 Å². The Hall–Kier alpha value is -2.52. The van der Waals surface area contributed by atoms with Gasteiger partial charge in [-0.25, -0.2) is 0 Å². The summed E-state index contributed by atoms with van der Waals surface area (Å²) in [4.78, 5) is 16.8. The molecule has 7 nitrogen and oxygen atoms in total. The molecule has 0 bridgehead atoms. The van der Waals surface area contributed by atoms with Crippen LogP contribution in [0, 0.1) is 0 Å². The van der Waals surface area contributed by atoms with Crippen LogP contribution in [0.5, 0.6) is 0 Å². The van der Waals surface area contributed by atoms with Crippen molar-refractivity contribution in [3.63, 3.8) is 0 Å². The van der Waals surface area contributed by atoms with Crippen molar-refractivity contribution in [2.75, 3.05) is 57.4 Å². The Kier molecular flexibility index (Phi) is 9.41. The van der Waals surface area contributed by atoms with Gasteiger partial charge in [-0.1, -0.05) is 36.4 Å². The van der Waals surface area contributed by atoms with E-state index in [-0.39, 0.29) is 11.6 Å². The maximum atomic E-state index is 11.8. The molecule has 1 spiro atoms. The van der Waals surface area contributed by atoms with Gasteiger partial charge in [-0.3, -0.25) is 4.79 Å². The SMILES string of the molecule is CC(C)(C)OC(=O)CCOCCc1cccc(CCN2CCC3(CC2)CN(c2nsc4ccccc24)CCO3)c1. The quantitative estimate of drug-likeness (QED) is 0.238. The molecule has 3 aromatic rings. The van der Waals surface area contributed by atoms with Crippen LogP contribution in [-0.4, -0.2) is 79.0 Å². The van der Waals surface area contributed by atoms with Crippen molar-refractivity contribution in [1.29, 1.82) is 0 Å². The fourth-order valence-electron chi connectivity index (χ4n) is 5.68. The van der Waals surface area contributed by atoms with Crippen molar-refractivity contribution < 1.29 is 19.0 Å². The summed E-state index contributed by atoms with van der Waals surface area (Å²) in [6, 6.07) is 17.3. The van der Waals surface area contributed by atoms with E-state index in [1.807, 2.05) is 20.8 Å². The first-order chi connectivity index (χ1) is 19.3. The first-order valence-electron chi connectivity index (χ1n) is 14.6. The van der Waals surface area contributed by atoms with Crippen LogP contribution in [0.2, 0.25) is 0 Å². The van der Waals surface area contributed by atoms with Gasteiger partial charge < -0.3 is 24.0 Å². The normalized spacial score (nSPS) is 17.9. The van der Waals surface area contributed by atoms with Crippen molar-refractivity contribution in [3.05, 3.63) is 59.7 Å². The Balaban J connectivity index is 1.04. The van der Waals surface area contributed by atoms with Gasteiger partial charge in [0.05, 0.1) is 36.5 Å². The minimum Gasteiger partial charge on any atom is -0.460 e. The zero-order chi connectivity index (χ0) is 28.0. The molecule has 2 aliphatic rings.